The van der Waals surface area contributed by atoms with E-state index in [0.717, 1.165) is 13.0 Å². The number of carboxylic acid groups (broad SMARTS) is 1. The van der Waals surface area contributed by atoms with Crippen LogP contribution in [0.2, 0.25) is 0 Å². The second-order valence-corrected chi connectivity index (χ2v) is 3.45. The smallest absolute Gasteiger partial charge is 0.342 e. The lowest BCUT2D eigenvalue weighted by Crippen LogP contribution is -2.25. The molecule has 0 aromatic carbocycles. The van der Waals surface area contributed by atoms with Gasteiger partial charge in [0, 0.05) is 6.92 Å². The Balaban J connectivity index is 6.08. The molecule has 0 saturated carbocycles. The molecule has 18 heavy (non-hydrogen) atoms. The van der Waals surface area contributed by atoms with Gasteiger partial charge in [-0.25, -0.2) is 4.79 Å². The summed E-state index contributed by atoms with van der Waals surface area (Å²) in [7, 11) is 0. The van der Waals surface area contributed by atoms with E-state index in [1.807, 2.05) is 0 Å². The Morgan fingerprint density at radius 2 is 1.89 bits per heavy atom. The van der Waals surface area contributed by atoms with Gasteiger partial charge in [-0.3, -0.25) is 14.9 Å². The molecule has 0 heterocycles. The lowest BCUT2D eigenvalue weighted by atomic mass is 10.1. The second-order valence-electron chi connectivity index (χ2n) is 3.45. The Morgan fingerprint density at radius 3 is 2.11 bits per heavy atom. The molecule has 1 amide bonds. The van der Waals surface area contributed by atoms with Crippen LogP contribution < -0.4 is 5.32 Å². The van der Waals surface area contributed by atoms with E-state index in [2.05, 4.69) is 11.9 Å². The molecule has 0 aliphatic carbocycles. The first-order valence-corrected chi connectivity index (χ1v) is 4.94. The Bertz CT molecular complexity index is 474. The van der Waals surface area contributed by atoms with Crippen molar-refractivity contribution in [3.63, 3.8) is 0 Å². The molecule has 0 radical (unpaired) electrons. The molecule has 0 fully saturated rings. The highest BCUT2D eigenvalue weighted by molar-refractivity contribution is 5.91. The number of hydrogen-bond acceptors (Lipinski definition) is 4. The minimum atomic E-state index is -1.45. The lowest BCUT2D eigenvalue weighted by molar-refractivity contribution is -0.421. The third-order valence-electron chi connectivity index (χ3n) is 1.92. The fourth-order valence-electron chi connectivity index (χ4n) is 1.23. The molecule has 0 aliphatic rings. The molecule has 7 heteroatoms. The molecule has 0 aliphatic heterocycles. The number of rotatable bonds is 5. The molecular weight excluding hydrogens is 240 g/mol. The number of aliphatic carboxylic acids is 1. The van der Waals surface area contributed by atoms with Crippen LogP contribution in [0.3, 0.4) is 0 Å². The molecule has 0 bridgehead atoms. The van der Waals surface area contributed by atoms with Gasteiger partial charge in [-0.1, -0.05) is 12.7 Å². The maximum atomic E-state index is 11.0. The molecular formula is C11H14N2O5. The van der Waals surface area contributed by atoms with Crippen molar-refractivity contribution >= 4 is 11.9 Å². The van der Waals surface area contributed by atoms with Crippen molar-refractivity contribution in [3.05, 3.63) is 45.3 Å². The van der Waals surface area contributed by atoms with Crippen LogP contribution in [0.5, 0.6) is 0 Å². The normalized spacial score (nSPS) is 12.5. The first kappa shape index (κ1) is 15.6. The number of nitrogens with zero attached hydrogens (tertiary/aromatic N) is 1. The number of amides is 1. The predicted molar refractivity (Wildman–Crippen MR) is 64.0 cm³/mol. The van der Waals surface area contributed by atoms with Crippen LogP contribution in [0.4, 0.5) is 0 Å². The van der Waals surface area contributed by atoms with Crippen LogP contribution in [0.15, 0.2) is 35.2 Å². The number of carboxylic acids is 1. The van der Waals surface area contributed by atoms with E-state index < -0.39 is 28.1 Å². The van der Waals surface area contributed by atoms with Gasteiger partial charge in [0.15, 0.2) is 0 Å². The van der Waals surface area contributed by atoms with E-state index in [-0.39, 0.29) is 11.3 Å². The van der Waals surface area contributed by atoms with Crippen LogP contribution in [-0.4, -0.2) is 21.9 Å². The van der Waals surface area contributed by atoms with Crippen molar-refractivity contribution in [2.45, 2.75) is 20.8 Å². The van der Waals surface area contributed by atoms with Gasteiger partial charge < -0.3 is 10.4 Å². The largest absolute Gasteiger partial charge is 0.477 e. The molecule has 7 nitrogen and oxygen atoms in total. The number of nitro groups is 1. The molecule has 0 unspecified atom stereocenters. The molecule has 0 saturated heterocycles. The van der Waals surface area contributed by atoms with Gasteiger partial charge >= 0.3 is 11.7 Å². The number of carbonyl (C=O) groups is 2. The van der Waals surface area contributed by atoms with Gasteiger partial charge in [0.1, 0.15) is 11.3 Å². The highest BCUT2D eigenvalue weighted by Crippen LogP contribution is 2.19. The summed E-state index contributed by atoms with van der Waals surface area (Å²) < 4.78 is 0. The zero-order chi connectivity index (χ0) is 14.5. The Labute approximate surface area is 104 Å². The van der Waals surface area contributed by atoms with E-state index >= 15 is 0 Å². The van der Waals surface area contributed by atoms with Gasteiger partial charge in [-0.2, -0.15) is 0 Å². The monoisotopic (exact) mass is 254 g/mol. The number of carbonyl (C=O) groups excluding carboxylic acids is 1. The minimum absolute atomic E-state index is 0.192. The first-order chi connectivity index (χ1) is 8.22. The van der Waals surface area contributed by atoms with E-state index in [0.29, 0.717) is 0 Å². The maximum absolute atomic E-state index is 11.0. The maximum Gasteiger partial charge on any atom is 0.342 e. The zero-order valence-corrected chi connectivity index (χ0v) is 10.3. The summed E-state index contributed by atoms with van der Waals surface area (Å²) in [5.74, 6) is -2.00. The quantitative estimate of drug-likeness (QED) is 0.332. The topological polar surface area (TPSA) is 110 Å². The minimum Gasteiger partial charge on any atom is -0.477 e. The molecule has 2 N–H and O–H groups in total. The summed E-state index contributed by atoms with van der Waals surface area (Å²) in [6, 6.07) is 0. The molecule has 0 rings (SSSR count). The van der Waals surface area contributed by atoms with Crippen molar-refractivity contribution in [3.8, 4) is 0 Å². The van der Waals surface area contributed by atoms with Crippen molar-refractivity contribution in [1.29, 1.82) is 0 Å². The van der Waals surface area contributed by atoms with Gasteiger partial charge in [0.2, 0.25) is 5.91 Å². The molecule has 0 spiro atoms. The third kappa shape index (κ3) is 3.85. The highest BCUT2D eigenvalue weighted by Gasteiger charge is 2.29. The highest BCUT2D eigenvalue weighted by atomic mass is 16.6. The van der Waals surface area contributed by atoms with E-state index in [1.54, 1.807) is 0 Å². The van der Waals surface area contributed by atoms with Crippen molar-refractivity contribution in [1.82, 2.24) is 5.32 Å². The van der Waals surface area contributed by atoms with Crippen LogP contribution in [0, 0.1) is 10.1 Å². The fraction of sp³-hybridized carbons (Fsp3) is 0.273. The van der Waals surface area contributed by atoms with Gasteiger partial charge in [-0.05, 0) is 19.4 Å². The van der Waals surface area contributed by atoms with E-state index in [1.165, 1.54) is 13.8 Å². The van der Waals surface area contributed by atoms with E-state index in [9.17, 15) is 19.7 Å². The van der Waals surface area contributed by atoms with Crippen molar-refractivity contribution in [2.24, 2.45) is 0 Å². The predicted octanol–water partition coefficient (Wildman–Crippen LogP) is 1.22. The SMILES string of the molecule is C=C(C)/C(NC(C)=O)=C(\C(=C/C)C(=O)O)[N+](=O)[O-]. The fourth-order valence-corrected chi connectivity index (χ4v) is 1.23. The molecule has 0 atom stereocenters. The second kappa shape index (κ2) is 6.33. The van der Waals surface area contributed by atoms with Gasteiger partial charge in [-0.15, -0.1) is 0 Å². The summed E-state index contributed by atoms with van der Waals surface area (Å²) in [6.07, 6.45) is 1.09. The molecule has 0 aromatic heterocycles. The van der Waals surface area contributed by atoms with Crippen LogP contribution in [0.25, 0.3) is 0 Å². The van der Waals surface area contributed by atoms with Gasteiger partial charge in [0.05, 0.1) is 4.92 Å². The number of allylic oxidation sites excluding steroid dienone is 2. The Morgan fingerprint density at radius 1 is 1.39 bits per heavy atom. The zero-order valence-electron chi connectivity index (χ0n) is 10.3. The molecule has 98 valence electrons. The number of hydrogen-bond donors (Lipinski definition) is 2. The standard InChI is InChI=1S/C11H14N2O5/c1-5-8(11(15)16)10(13(17)18)9(6(2)3)12-7(4)14/h5H,2H2,1,3-4H3,(H,12,14)(H,15,16)/b8-5+,10-9-. The summed E-state index contributed by atoms with van der Waals surface area (Å²) in [5, 5.41) is 22.1. The van der Waals surface area contributed by atoms with Crippen LogP contribution >= 0.6 is 0 Å². The summed E-state index contributed by atoms with van der Waals surface area (Å²) in [6.45, 7) is 7.45. The third-order valence-corrected chi connectivity index (χ3v) is 1.92. The average Bonchev–Trinajstić information content (AvgIpc) is 2.21. The molecule has 0 aromatic rings. The summed E-state index contributed by atoms with van der Waals surface area (Å²) in [5.41, 5.74) is -1.21. The first-order valence-electron chi connectivity index (χ1n) is 4.94. The lowest BCUT2D eigenvalue weighted by Gasteiger charge is -2.09. The average molecular weight is 254 g/mol. The summed E-state index contributed by atoms with van der Waals surface area (Å²) >= 11 is 0. The van der Waals surface area contributed by atoms with Crippen LogP contribution in [-0.2, 0) is 9.59 Å². The number of nitrogens with one attached hydrogen (secondary N) is 1. The summed E-state index contributed by atoms with van der Waals surface area (Å²) in [4.78, 5) is 32.1. The van der Waals surface area contributed by atoms with Crippen molar-refractivity contribution < 1.29 is 19.6 Å². The van der Waals surface area contributed by atoms with E-state index in [4.69, 9.17) is 5.11 Å². The van der Waals surface area contributed by atoms with Crippen LogP contribution in [0.1, 0.15) is 20.8 Å². The van der Waals surface area contributed by atoms with Gasteiger partial charge in [0.25, 0.3) is 0 Å². The van der Waals surface area contributed by atoms with Crippen molar-refractivity contribution in [2.75, 3.05) is 0 Å². The Hall–Kier alpha value is -2.44. The Kier molecular flexibility index (Phi) is 5.47.